The van der Waals surface area contributed by atoms with Gasteiger partial charge in [0.2, 0.25) is 5.91 Å². The van der Waals surface area contributed by atoms with E-state index in [1.807, 2.05) is 0 Å². The minimum atomic E-state index is -0.676. The van der Waals surface area contributed by atoms with Gasteiger partial charge < -0.3 is 11.1 Å². The standard InChI is InChI=1S/C11H14ClN3O3/c1-6(2)10(11(13)16)14-8-4-3-7(12)5-9(8)15(17)18/h3-6,10,14H,1-2H3,(H2,13,16). The van der Waals surface area contributed by atoms with Crippen LogP contribution < -0.4 is 11.1 Å². The van der Waals surface area contributed by atoms with E-state index in [0.717, 1.165) is 0 Å². The molecule has 1 aromatic rings. The van der Waals surface area contributed by atoms with Gasteiger partial charge in [-0.1, -0.05) is 25.4 Å². The fourth-order valence-corrected chi connectivity index (χ4v) is 1.68. The van der Waals surface area contributed by atoms with Gasteiger partial charge in [0, 0.05) is 11.1 Å². The third-order valence-electron chi connectivity index (χ3n) is 2.44. The molecule has 0 aliphatic carbocycles. The van der Waals surface area contributed by atoms with E-state index in [4.69, 9.17) is 17.3 Å². The van der Waals surface area contributed by atoms with Crippen LogP contribution in [0.5, 0.6) is 0 Å². The smallest absolute Gasteiger partial charge is 0.293 e. The number of nitrogens with two attached hydrogens (primary N) is 1. The van der Waals surface area contributed by atoms with E-state index in [0.29, 0.717) is 0 Å². The van der Waals surface area contributed by atoms with E-state index in [2.05, 4.69) is 5.32 Å². The second-order valence-corrected chi connectivity index (χ2v) is 4.62. The molecule has 0 aromatic heterocycles. The predicted molar refractivity (Wildman–Crippen MR) is 69.5 cm³/mol. The predicted octanol–water partition coefficient (Wildman–Crippen LogP) is 2.17. The quantitative estimate of drug-likeness (QED) is 0.633. The number of carbonyl (C=O) groups excluding carboxylic acids is 1. The molecule has 0 bridgehead atoms. The summed E-state index contributed by atoms with van der Waals surface area (Å²) >= 11 is 5.70. The van der Waals surface area contributed by atoms with Crippen LogP contribution in [0.15, 0.2) is 18.2 Å². The van der Waals surface area contributed by atoms with Crippen LogP contribution >= 0.6 is 11.6 Å². The molecule has 3 N–H and O–H groups in total. The van der Waals surface area contributed by atoms with Gasteiger partial charge in [-0.15, -0.1) is 0 Å². The number of nitro groups is 1. The Hall–Kier alpha value is -1.82. The lowest BCUT2D eigenvalue weighted by Gasteiger charge is -2.20. The molecule has 0 fully saturated rings. The summed E-state index contributed by atoms with van der Waals surface area (Å²) < 4.78 is 0. The van der Waals surface area contributed by atoms with Gasteiger partial charge in [0.1, 0.15) is 11.7 Å². The van der Waals surface area contributed by atoms with E-state index < -0.39 is 16.9 Å². The van der Waals surface area contributed by atoms with Gasteiger partial charge in [-0.2, -0.15) is 0 Å². The van der Waals surface area contributed by atoms with E-state index in [-0.39, 0.29) is 22.3 Å². The molecule has 1 unspecified atom stereocenters. The van der Waals surface area contributed by atoms with Crippen molar-refractivity contribution in [2.75, 3.05) is 5.32 Å². The number of anilines is 1. The summed E-state index contributed by atoms with van der Waals surface area (Å²) in [6.45, 7) is 3.59. The van der Waals surface area contributed by atoms with Crippen molar-refractivity contribution in [3.63, 3.8) is 0 Å². The van der Waals surface area contributed by atoms with Gasteiger partial charge >= 0.3 is 0 Å². The molecule has 98 valence electrons. The fraction of sp³-hybridized carbons (Fsp3) is 0.364. The molecule has 0 saturated carbocycles. The number of hydrogen-bond acceptors (Lipinski definition) is 4. The number of carbonyl (C=O) groups is 1. The summed E-state index contributed by atoms with van der Waals surface area (Å²) in [6, 6.07) is 3.51. The average Bonchev–Trinajstić information content (AvgIpc) is 2.25. The largest absolute Gasteiger partial charge is 0.368 e. The summed E-state index contributed by atoms with van der Waals surface area (Å²) in [4.78, 5) is 21.6. The van der Waals surface area contributed by atoms with Crippen LogP contribution in [-0.2, 0) is 4.79 Å². The molecular formula is C11H14ClN3O3. The topological polar surface area (TPSA) is 98.3 Å². The molecule has 1 atom stereocenters. The zero-order chi connectivity index (χ0) is 13.9. The summed E-state index contributed by atoms with van der Waals surface area (Å²) in [5, 5.41) is 13.9. The Bertz CT molecular complexity index is 477. The maximum absolute atomic E-state index is 11.3. The van der Waals surface area contributed by atoms with Crippen LogP contribution in [0, 0.1) is 16.0 Å². The monoisotopic (exact) mass is 271 g/mol. The molecule has 1 amide bonds. The van der Waals surface area contributed by atoms with Gasteiger partial charge in [0.25, 0.3) is 5.69 Å². The Kier molecular flexibility index (Phi) is 4.49. The Morgan fingerprint density at radius 2 is 2.11 bits per heavy atom. The minimum Gasteiger partial charge on any atom is -0.368 e. The average molecular weight is 272 g/mol. The van der Waals surface area contributed by atoms with Crippen molar-refractivity contribution >= 4 is 28.9 Å². The Morgan fingerprint density at radius 3 is 2.56 bits per heavy atom. The Balaban J connectivity index is 3.10. The van der Waals surface area contributed by atoms with Crippen LogP contribution in [0.4, 0.5) is 11.4 Å². The summed E-state index contributed by atoms with van der Waals surface area (Å²) in [7, 11) is 0. The van der Waals surface area contributed by atoms with Crippen LogP contribution in [0.25, 0.3) is 0 Å². The first-order valence-electron chi connectivity index (χ1n) is 5.32. The summed E-state index contributed by atoms with van der Waals surface area (Å²) in [5.74, 6) is -0.646. The highest BCUT2D eigenvalue weighted by molar-refractivity contribution is 6.30. The molecular weight excluding hydrogens is 258 g/mol. The Morgan fingerprint density at radius 1 is 1.50 bits per heavy atom. The Labute approximate surface area is 109 Å². The number of primary amides is 1. The van der Waals surface area contributed by atoms with Crippen LogP contribution in [-0.4, -0.2) is 16.9 Å². The van der Waals surface area contributed by atoms with Crippen molar-refractivity contribution in [2.24, 2.45) is 11.7 Å². The van der Waals surface area contributed by atoms with Crippen molar-refractivity contribution in [3.05, 3.63) is 33.3 Å². The van der Waals surface area contributed by atoms with Crippen LogP contribution in [0.1, 0.15) is 13.8 Å². The zero-order valence-electron chi connectivity index (χ0n) is 10.0. The number of nitro benzene ring substituents is 1. The van der Waals surface area contributed by atoms with Gasteiger partial charge in [-0.25, -0.2) is 0 Å². The number of rotatable bonds is 5. The number of benzene rings is 1. The molecule has 0 heterocycles. The first-order chi connectivity index (χ1) is 8.32. The third-order valence-corrected chi connectivity index (χ3v) is 2.68. The van der Waals surface area contributed by atoms with Crippen molar-refractivity contribution < 1.29 is 9.72 Å². The number of nitrogens with one attached hydrogen (secondary N) is 1. The van der Waals surface area contributed by atoms with E-state index >= 15 is 0 Å². The number of halogens is 1. The SMILES string of the molecule is CC(C)C(Nc1ccc(Cl)cc1[N+](=O)[O-])C(N)=O. The zero-order valence-corrected chi connectivity index (χ0v) is 10.8. The number of amides is 1. The van der Waals surface area contributed by atoms with Crippen molar-refractivity contribution in [2.45, 2.75) is 19.9 Å². The fourth-order valence-electron chi connectivity index (χ4n) is 1.51. The highest BCUT2D eigenvalue weighted by Gasteiger charge is 2.23. The molecule has 0 spiro atoms. The van der Waals surface area contributed by atoms with Gasteiger partial charge in [-0.3, -0.25) is 14.9 Å². The van der Waals surface area contributed by atoms with Gasteiger partial charge in [0.05, 0.1) is 4.92 Å². The molecule has 1 aromatic carbocycles. The molecule has 0 aliphatic heterocycles. The number of hydrogen-bond donors (Lipinski definition) is 2. The van der Waals surface area contributed by atoms with E-state index in [1.165, 1.54) is 18.2 Å². The number of nitrogens with zero attached hydrogens (tertiary/aromatic N) is 1. The van der Waals surface area contributed by atoms with Gasteiger partial charge in [-0.05, 0) is 18.1 Å². The first-order valence-corrected chi connectivity index (χ1v) is 5.70. The van der Waals surface area contributed by atoms with Crippen molar-refractivity contribution in [1.29, 1.82) is 0 Å². The van der Waals surface area contributed by atoms with E-state index in [1.54, 1.807) is 13.8 Å². The maximum atomic E-state index is 11.3. The van der Waals surface area contributed by atoms with Crippen molar-refractivity contribution in [1.82, 2.24) is 0 Å². The first kappa shape index (κ1) is 14.2. The summed E-state index contributed by atoms with van der Waals surface area (Å²) in [6.07, 6.45) is 0. The second-order valence-electron chi connectivity index (χ2n) is 4.19. The summed E-state index contributed by atoms with van der Waals surface area (Å²) in [5.41, 5.74) is 5.28. The highest BCUT2D eigenvalue weighted by Crippen LogP contribution is 2.28. The highest BCUT2D eigenvalue weighted by atomic mass is 35.5. The molecule has 7 heteroatoms. The maximum Gasteiger partial charge on any atom is 0.293 e. The van der Waals surface area contributed by atoms with Crippen LogP contribution in [0.3, 0.4) is 0 Å². The van der Waals surface area contributed by atoms with E-state index in [9.17, 15) is 14.9 Å². The minimum absolute atomic E-state index is 0.0854. The lowest BCUT2D eigenvalue weighted by molar-refractivity contribution is -0.384. The molecule has 0 radical (unpaired) electrons. The molecule has 0 aliphatic rings. The molecule has 18 heavy (non-hydrogen) atoms. The third kappa shape index (κ3) is 3.33. The molecule has 1 rings (SSSR count). The van der Waals surface area contributed by atoms with Gasteiger partial charge in [0.15, 0.2) is 0 Å². The normalized spacial score (nSPS) is 12.2. The lowest BCUT2D eigenvalue weighted by atomic mass is 10.0. The molecule has 0 saturated heterocycles. The molecule has 6 nitrogen and oxygen atoms in total. The lowest BCUT2D eigenvalue weighted by Crippen LogP contribution is -2.39. The van der Waals surface area contributed by atoms with Crippen LogP contribution in [0.2, 0.25) is 5.02 Å². The van der Waals surface area contributed by atoms with Crippen molar-refractivity contribution in [3.8, 4) is 0 Å². The second kappa shape index (κ2) is 5.68.